The van der Waals surface area contributed by atoms with E-state index in [9.17, 15) is 4.79 Å². The second kappa shape index (κ2) is 2.38. The molecule has 11 heavy (non-hydrogen) atoms. The van der Waals surface area contributed by atoms with Crippen LogP contribution in [0.1, 0.15) is 0 Å². The van der Waals surface area contributed by atoms with Gasteiger partial charge in [0.1, 0.15) is 12.4 Å². The molecule has 1 heterocycles. The topological polar surface area (TPSA) is 26.3 Å². The first-order valence-corrected chi connectivity index (χ1v) is 3.57. The van der Waals surface area contributed by atoms with Crippen LogP contribution in [0.25, 0.3) is 0 Å². The fourth-order valence-electron chi connectivity index (χ4n) is 1.39. The summed E-state index contributed by atoms with van der Waals surface area (Å²) in [7, 11) is 0. The number of ether oxygens (including phenoxy) is 1. The normalized spacial score (nSPS) is 32.5. The monoisotopic (exact) mass is 148 g/mol. The molecule has 2 rings (SSSR count). The molecule has 0 radical (unpaired) electrons. The van der Waals surface area contributed by atoms with Gasteiger partial charge in [0.25, 0.3) is 0 Å². The summed E-state index contributed by atoms with van der Waals surface area (Å²) >= 11 is 0. The van der Waals surface area contributed by atoms with Gasteiger partial charge in [-0.05, 0) is 12.2 Å². The van der Waals surface area contributed by atoms with Crippen molar-refractivity contribution < 1.29 is 9.53 Å². The van der Waals surface area contributed by atoms with Crippen LogP contribution in [0.15, 0.2) is 36.1 Å². The van der Waals surface area contributed by atoms with Crippen molar-refractivity contribution in [2.45, 2.75) is 6.10 Å². The molecule has 0 saturated carbocycles. The summed E-state index contributed by atoms with van der Waals surface area (Å²) in [5, 5.41) is 0. The van der Waals surface area contributed by atoms with Crippen LogP contribution in [-0.2, 0) is 9.53 Å². The van der Waals surface area contributed by atoms with Crippen molar-refractivity contribution in [1.82, 2.24) is 0 Å². The van der Waals surface area contributed by atoms with Crippen molar-refractivity contribution in [1.29, 1.82) is 0 Å². The summed E-state index contributed by atoms with van der Waals surface area (Å²) in [5.74, 6) is 0.150. The van der Waals surface area contributed by atoms with Gasteiger partial charge < -0.3 is 4.74 Å². The van der Waals surface area contributed by atoms with Gasteiger partial charge in [-0.3, -0.25) is 4.79 Å². The van der Waals surface area contributed by atoms with E-state index >= 15 is 0 Å². The van der Waals surface area contributed by atoms with Crippen LogP contribution in [0.2, 0.25) is 0 Å². The third-order valence-corrected chi connectivity index (χ3v) is 1.99. The van der Waals surface area contributed by atoms with Crippen molar-refractivity contribution >= 4 is 6.29 Å². The Hall–Kier alpha value is -1.31. The number of fused-ring (bicyclic) bond motifs is 1. The Bertz CT molecular complexity index is 261. The molecule has 0 aromatic rings. The molecule has 0 N–H and O–H groups in total. The molecule has 0 bridgehead atoms. The highest BCUT2D eigenvalue weighted by atomic mass is 16.5. The van der Waals surface area contributed by atoms with E-state index in [4.69, 9.17) is 4.74 Å². The van der Waals surface area contributed by atoms with Gasteiger partial charge in [0, 0.05) is 11.5 Å². The lowest BCUT2D eigenvalue weighted by molar-refractivity contribution is -0.105. The van der Waals surface area contributed by atoms with E-state index in [0.717, 1.165) is 11.9 Å². The third-order valence-electron chi connectivity index (χ3n) is 1.99. The number of carbonyl (C=O) groups is 1. The maximum absolute atomic E-state index is 10.5. The maximum atomic E-state index is 10.5. The van der Waals surface area contributed by atoms with Gasteiger partial charge in [-0.1, -0.05) is 12.2 Å². The van der Waals surface area contributed by atoms with Crippen LogP contribution in [0, 0.1) is 5.92 Å². The lowest BCUT2D eigenvalue weighted by Crippen LogP contribution is -2.18. The Balaban J connectivity index is 2.32. The number of rotatable bonds is 1. The lowest BCUT2D eigenvalue weighted by atomic mass is 9.91. The predicted octanol–water partition coefficient (Wildman–Crippen LogP) is 1.21. The van der Waals surface area contributed by atoms with Gasteiger partial charge in [0.15, 0.2) is 0 Å². The van der Waals surface area contributed by atoms with E-state index in [1.807, 2.05) is 24.3 Å². The maximum Gasteiger partial charge on any atom is 0.146 e. The van der Waals surface area contributed by atoms with Crippen molar-refractivity contribution in [2.75, 3.05) is 0 Å². The molecule has 0 saturated heterocycles. The first-order valence-electron chi connectivity index (χ1n) is 3.57. The van der Waals surface area contributed by atoms with E-state index in [1.165, 1.54) is 0 Å². The first-order chi connectivity index (χ1) is 5.42. The van der Waals surface area contributed by atoms with Gasteiger partial charge in [-0.25, -0.2) is 0 Å². The van der Waals surface area contributed by atoms with Gasteiger partial charge >= 0.3 is 0 Å². The highest BCUT2D eigenvalue weighted by molar-refractivity contribution is 5.76. The molecule has 0 aromatic heterocycles. The van der Waals surface area contributed by atoms with Crippen LogP contribution >= 0.6 is 0 Å². The van der Waals surface area contributed by atoms with Gasteiger partial charge in [0.2, 0.25) is 0 Å². The molecule has 1 aliphatic heterocycles. The molecule has 2 unspecified atom stereocenters. The number of aldehydes is 1. The molecule has 0 spiro atoms. The zero-order chi connectivity index (χ0) is 7.68. The largest absolute Gasteiger partial charge is 0.493 e. The van der Waals surface area contributed by atoms with Gasteiger partial charge in [0.05, 0.1) is 6.26 Å². The Morgan fingerprint density at radius 1 is 1.45 bits per heavy atom. The summed E-state index contributed by atoms with van der Waals surface area (Å²) < 4.78 is 5.22. The van der Waals surface area contributed by atoms with Crippen LogP contribution in [0.4, 0.5) is 0 Å². The second-order valence-electron chi connectivity index (χ2n) is 2.62. The second-order valence-corrected chi connectivity index (χ2v) is 2.62. The van der Waals surface area contributed by atoms with E-state index in [2.05, 4.69) is 0 Å². The Labute approximate surface area is 64.9 Å². The minimum absolute atomic E-state index is 0.0557. The zero-order valence-corrected chi connectivity index (χ0v) is 5.94. The minimum atomic E-state index is 0.0557. The number of hydrogen-bond acceptors (Lipinski definition) is 2. The SMILES string of the molecule is O=CC1=CC=CC2OC=CC12. The summed E-state index contributed by atoms with van der Waals surface area (Å²) in [6, 6.07) is 0. The smallest absolute Gasteiger partial charge is 0.146 e. The molecule has 0 aromatic carbocycles. The molecule has 56 valence electrons. The Kier molecular flexibility index (Phi) is 1.39. The fraction of sp³-hybridized carbons (Fsp3) is 0.222. The van der Waals surface area contributed by atoms with Crippen molar-refractivity contribution in [3.05, 3.63) is 36.1 Å². The predicted molar refractivity (Wildman–Crippen MR) is 40.8 cm³/mol. The fourth-order valence-corrected chi connectivity index (χ4v) is 1.39. The molecule has 0 fully saturated rings. The number of allylic oxidation sites excluding steroid dienone is 2. The van der Waals surface area contributed by atoms with Gasteiger partial charge in [-0.15, -0.1) is 0 Å². The summed E-state index contributed by atoms with van der Waals surface area (Å²) in [6.07, 6.45) is 10.2. The Morgan fingerprint density at radius 2 is 2.36 bits per heavy atom. The molecule has 2 nitrogen and oxygen atoms in total. The highest BCUT2D eigenvalue weighted by Gasteiger charge is 2.26. The molecule has 2 atom stereocenters. The van der Waals surface area contributed by atoms with Crippen molar-refractivity contribution in [3.8, 4) is 0 Å². The molecule has 0 amide bonds. The van der Waals surface area contributed by atoms with Crippen LogP contribution in [0.5, 0.6) is 0 Å². The van der Waals surface area contributed by atoms with E-state index in [0.29, 0.717) is 0 Å². The number of carbonyl (C=O) groups excluding carboxylic acids is 1. The first kappa shape index (κ1) is 6.40. The molecule has 1 aliphatic carbocycles. The number of hydrogen-bond donors (Lipinski definition) is 0. The third kappa shape index (κ3) is 0.909. The minimum Gasteiger partial charge on any atom is -0.493 e. The summed E-state index contributed by atoms with van der Waals surface area (Å²) in [5.41, 5.74) is 0.797. The van der Waals surface area contributed by atoms with E-state index in [-0.39, 0.29) is 12.0 Å². The standard InChI is InChI=1S/C9H8O2/c10-6-7-2-1-3-9-8(7)4-5-11-9/h1-6,8-9H. The lowest BCUT2D eigenvalue weighted by Gasteiger charge is -2.17. The average Bonchev–Trinajstić information content (AvgIpc) is 2.50. The van der Waals surface area contributed by atoms with Crippen LogP contribution < -0.4 is 0 Å². The van der Waals surface area contributed by atoms with Crippen molar-refractivity contribution in [3.63, 3.8) is 0 Å². The van der Waals surface area contributed by atoms with E-state index < -0.39 is 0 Å². The van der Waals surface area contributed by atoms with Gasteiger partial charge in [-0.2, -0.15) is 0 Å². The van der Waals surface area contributed by atoms with Crippen LogP contribution in [-0.4, -0.2) is 12.4 Å². The molecular weight excluding hydrogens is 140 g/mol. The Morgan fingerprint density at radius 3 is 3.18 bits per heavy atom. The quantitative estimate of drug-likeness (QED) is 0.522. The van der Waals surface area contributed by atoms with E-state index in [1.54, 1.807) is 6.26 Å². The molecule has 2 aliphatic rings. The van der Waals surface area contributed by atoms with Crippen molar-refractivity contribution in [2.24, 2.45) is 5.92 Å². The molecular formula is C9H8O2. The molecule has 2 heteroatoms. The summed E-state index contributed by atoms with van der Waals surface area (Å²) in [6.45, 7) is 0. The van der Waals surface area contributed by atoms with Crippen LogP contribution in [0.3, 0.4) is 0 Å². The summed E-state index contributed by atoms with van der Waals surface area (Å²) in [4.78, 5) is 10.5. The highest BCUT2D eigenvalue weighted by Crippen LogP contribution is 2.27. The average molecular weight is 148 g/mol. The zero-order valence-electron chi connectivity index (χ0n) is 5.94.